The van der Waals surface area contributed by atoms with E-state index in [-0.39, 0.29) is 6.04 Å². The molecule has 0 aliphatic rings. The van der Waals surface area contributed by atoms with E-state index in [1.165, 1.54) is 11.1 Å². The first-order valence-electron chi connectivity index (χ1n) is 9.49. The maximum atomic E-state index is 4.48. The number of fused-ring (bicyclic) bond motifs is 1. The minimum Gasteiger partial charge on any atom is -0.363 e. The summed E-state index contributed by atoms with van der Waals surface area (Å²) >= 11 is 0. The Morgan fingerprint density at radius 1 is 1.00 bits per heavy atom. The van der Waals surface area contributed by atoms with Crippen LogP contribution in [0.1, 0.15) is 24.1 Å². The van der Waals surface area contributed by atoms with Crippen molar-refractivity contribution in [3.8, 4) is 11.3 Å². The molecule has 0 saturated carbocycles. The second kappa shape index (κ2) is 7.82. The number of aromatic nitrogens is 3. The third-order valence-electron chi connectivity index (χ3n) is 4.84. The van der Waals surface area contributed by atoms with E-state index in [9.17, 15) is 0 Å². The molecule has 28 heavy (non-hydrogen) atoms. The number of rotatable bonds is 6. The number of hydrogen-bond donors (Lipinski definition) is 2. The fraction of sp³-hybridized carbons (Fsp3) is 0.217. The summed E-state index contributed by atoms with van der Waals surface area (Å²) in [6, 6.07) is 21.3. The molecule has 0 aliphatic heterocycles. The maximum Gasteiger partial charge on any atom is 0.143 e. The van der Waals surface area contributed by atoms with Gasteiger partial charge in [0.15, 0.2) is 0 Å². The molecule has 2 N–H and O–H groups in total. The predicted molar refractivity (Wildman–Crippen MR) is 115 cm³/mol. The van der Waals surface area contributed by atoms with E-state index in [1.54, 1.807) is 6.33 Å². The summed E-state index contributed by atoms with van der Waals surface area (Å²) < 4.78 is 0. The van der Waals surface area contributed by atoms with Crippen molar-refractivity contribution < 1.29 is 0 Å². The van der Waals surface area contributed by atoms with Crippen molar-refractivity contribution in [2.45, 2.75) is 19.5 Å². The van der Waals surface area contributed by atoms with Crippen LogP contribution in [0.25, 0.3) is 22.3 Å². The molecule has 4 aromatic rings. The van der Waals surface area contributed by atoms with Gasteiger partial charge in [-0.2, -0.15) is 0 Å². The first kappa shape index (κ1) is 18.2. The molecule has 0 saturated heterocycles. The van der Waals surface area contributed by atoms with Crippen molar-refractivity contribution in [3.05, 3.63) is 78.1 Å². The van der Waals surface area contributed by atoms with Crippen LogP contribution in [0.4, 0.5) is 5.82 Å². The van der Waals surface area contributed by atoms with Gasteiger partial charge in [-0.3, -0.25) is 0 Å². The normalized spacial score (nSPS) is 12.4. The molecule has 0 amide bonds. The number of nitrogens with zero attached hydrogens (tertiary/aromatic N) is 3. The zero-order valence-corrected chi connectivity index (χ0v) is 16.5. The largest absolute Gasteiger partial charge is 0.363 e. The van der Waals surface area contributed by atoms with Crippen LogP contribution in [0.15, 0.2) is 67.0 Å². The lowest BCUT2D eigenvalue weighted by Gasteiger charge is -2.15. The van der Waals surface area contributed by atoms with Crippen LogP contribution >= 0.6 is 0 Å². The molecule has 4 rings (SSSR count). The van der Waals surface area contributed by atoms with Crippen LogP contribution in [-0.2, 0) is 6.54 Å². The SMILES string of the molecule is CC(Nc1ncnc2[nH]c(-c3ccc(CN(C)C)cc3)cc12)c1ccccc1. The molecule has 1 unspecified atom stereocenters. The lowest BCUT2D eigenvalue weighted by Crippen LogP contribution is -2.10. The molecule has 5 heteroatoms. The maximum absolute atomic E-state index is 4.48. The fourth-order valence-corrected chi connectivity index (χ4v) is 3.40. The highest BCUT2D eigenvalue weighted by molar-refractivity contribution is 5.91. The Bertz CT molecular complexity index is 1050. The lowest BCUT2D eigenvalue weighted by atomic mass is 10.1. The van der Waals surface area contributed by atoms with Crippen LogP contribution in [0.2, 0.25) is 0 Å². The monoisotopic (exact) mass is 371 g/mol. The van der Waals surface area contributed by atoms with Gasteiger partial charge in [-0.25, -0.2) is 9.97 Å². The summed E-state index contributed by atoms with van der Waals surface area (Å²) in [5.74, 6) is 0.841. The van der Waals surface area contributed by atoms with Gasteiger partial charge in [0.1, 0.15) is 17.8 Å². The summed E-state index contributed by atoms with van der Waals surface area (Å²) in [7, 11) is 4.16. The van der Waals surface area contributed by atoms with Gasteiger partial charge in [0.05, 0.1) is 5.39 Å². The Morgan fingerprint density at radius 3 is 2.46 bits per heavy atom. The number of benzene rings is 2. The molecule has 0 fully saturated rings. The van der Waals surface area contributed by atoms with Crippen molar-refractivity contribution in [1.29, 1.82) is 0 Å². The van der Waals surface area contributed by atoms with Gasteiger partial charge in [-0.1, -0.05) is 54.6 Å². The Balaban J connectivity index is 1.62. The number of H-pyrrole nitrogens is 1. The van der Waals surface area contributed by atoms with Crippen LogP contribution in [0, 0.1) is 0 Å². The standard InChI is InChI=1S/C23H25N5/c1-16(18-7-5-4-6-8-18)26-22-20-13-21(27-23(20)25-15-24-22)19-11-9-17(10-12-19)14-28(2)3/h4-13,15-16H,14H2,1-3H3,(H2,24,25,26,27). The van der Waals surface area contributed by atoms with E-state index in [1.807, 2.05) is 6.07 Å². The van der Waals surface area contributed by atoms with Gasteiger partial charge in [0, 0.05) is 18.3 Å². The van der Waals surface area contributed by atoms with Gasteiger partial charge in [-0.15, -0.1) is 0 Å². The molecule has 2 heterocycles. The van der Waals surface area contributed by atoms with Crippen molar-refractivity contribution in [2.75, 3.05) is 19.4 Å². The molecule has 142 valence electrons. The minimum atomic E-state index is 0.156. The highest BCUT2D eigenvalue weighted by Gasteiger charge is 2.12. The Morgan fingerprint density at radius 2 is 1.75 bits per heavy atom. The second-order valence-corrected chi connectivity index (χ2v) is 7.38. The van der Waals surface area contributed by atoms with E-state index in [4.69, 9.17) is 0 Å². The van der Waals surface area contributed by atoms with Crippen LogP contribution in [0.5, 0.6) is 0 Å². The van der Waals surface area contributed by atoms with E-state index in [0.717, 1.165) is 34.7 Å². The smallest absolute Gasteiger partial charge is 0.143 e. The summed E-state index contributed by atoms with van der Waals surface area (Å²) in [5.41, 5.74) is 5.54. The van der Waals surface area contributed by atoms with Crippen LogP contribution < -0.4 is 5.32 Å². The number of anilines is 1. The highest BCUT2D eigenvalue weighted by atomic mass is 15.1. The average Bonchev–Trinajstić information content (AvgIpc) is 3.14. The second-order valence-electron chi connectivity index (χ2n) is 7.38. The number of aromatic amines is 1. The molecule has 2 aromatic carbocycles. The third kappa shape index (κ3) is 3.89. The Kier molecular flexibility index (Phi) is 5.08. The molecule has 1 atom stereocenters. The minimum absolute atomic E-state index is 0.156. The topological polar surface area (TPSA) is 56.8 Å². The molecule has 0 bridgehead atoms. The van der Waals surface area contributed by atoms with Gasteiger partial charge >= 0.3 is 0 Å². The van der Waals surface area contributed by atoms with Crippen molar-refractivity contribution >= 4 is 16.9 Å². The predicted octanol–water partition coefficient (Wildman–Crippen LogP) is 4.86. The Labute approximate surface area is 165 Å². The first-order valence-corrected chi connectivity index (χ1v) is 9.49. The van der Waals surface area contributed by atoms with Gasteiger partial charge < -0.3 is 15.2 Å². The van der Waals surface area contributed by atoms with Crippen molar-refractivity contribution in [2.24, 2.45) is 0 Å². The van der Waals surface area contributed by atoms with Gasteiger partial charge in [0.2, 0.25) is 0 Å². The van der Waals surface area contributed by atoms with E-state index < -0.39 is 0 Å². The summed E-state index contributed by atoms with van der Waals surface area (Å²) in [6.45, 7) is 3.07. The molecular weight excluding hydrogens is 346 g/mol. The van der Waals surface area contributed by atoms with E-state index in [0.29, 0.717) is 0 Å². The quantitative estimate of drug-likeness (QED) is 0.508. The van der Waals surface area contributed by atoms with Crippen molar-refractivity contribution in [1.82, 2.24) is 19.9 Å². The number of nitrogens with one attached hydrogen (secondary N) is 2. The molecule has 0 spiro atoms. The van der Waals surface area contributed by atoms with Crippen LogP contribution in [-0.4, -0.2) is 33.9 Å². The molecule has 2 aromatic heterocycles. The zero-order chi connectivity index (χ0) is 19.5. The molecular formula is C23H25N5. The Hall–Kier alpha value is -3.18. The van der Waals surface area contributed by atoms with E-state index in [2.05, 4.69) is 101 Å². The van der Waals surface area contributed by atoms with Gasteiger partial charge in [-0.05, 0) is 43.8 Å². The zero-order valence-electron chi connectivity index (χ0n) is 16.5. The van der Waals surface area contributed by atoms with E-state index >= 15 is 0 Å². The summed E-state index contributed by atoms with van der Waals surface area (Å²) in [4.78, 5) is 14.5. The summed E-state index contributed by atoms with van der Waals surface area (Å²) in [5, 5.41) is 4.52. The molecule has 5 nitrogen and oxygen atoms in total. The number of hydrogen-bond acceptors (Lipinski definition) is 4. The highest BCUT2D eigenvalue weighted by Crippen LogP contribution is 2.29. The van der Waals surface area contributed by atoms with Gasteiger partial charge in [0.25, 0.3) is 0 Å². The molecule has 0 radical (unpaired) electrons. The summed E-state index contributed by atoms with van der Waals surface area (Å²) in [6.07, 6.45) is 1.60. The lowest BCUT2D eigenvalue weighted by molar-refractivity contribution is 0.402. The van der Waals surface area contributed by atoms with Crippen LogP contribution in [0.3, 0.4) is 0 Å². The third-order valence-corrected chi connectivity index (χ3v) is 4.84. The fourth-order valence-electron chi connectivity index (χ4n) is 3.40. The van der Waals surface area contributed by atoms with Crippen molar-refractivity contribution in [3.63, 3.8) is 0 Å². The first-order chi connectivity index (χ1) is 13.6. The molecule has 0 aliphatic carbocycles. The average molecular weight is 371 g/mol.